The predicted molar refractivity (Wildman–Crippen MR) is 57.3 cm³/mol. The molecule has 0 amide bonds. The molecule has 0 saturated carbocycles. The van der Waals surface area contributed by atoms with Crippen molar-refractivity contribution < 1.29 is 9.90 Å². The molecule has 0 aliphatic rings. The lowest BCUT2D eigenvalue weighted by molar-refractivity contribution is -0.136. The molecular weight excluding hydrogens is 246 g/mol. The Morgan fingerprint density at radius 2 is 1.71 bits per heavy atom. The Morgan fingerprint density at radius 3 is 2.14 bits per heavy atom. The maximum absolute atomic E-state index is 10.5. The molecule has 0 bridgehead atoms. The SMILES string of the molecule is O=C(O)C(Cl)C(Cl)c1ccc(Cl)cc1. The van der Waals surface area contributed by atoms with Gasteiger partial charge in [0.15, 0.2) is 5.38 Å². The third kappa shape index (κ3) is 2.77. The Balaban J connectivity index is 2.84. The second-order valence-corrected chi connectivity index (χ2v) is 4.07. The van der Waals surface area contributed by atoms with Gasteiger partial charge >= 0.3 is 5.97 Å². The second-order valence-electron chi connectivity index (χ2n) is 2.69. The number of aliphatic carboxylic acids is 1. The highest BCUT2D eigenvalue weighted by Crippen LogP contribution is 2.28. The van der Waals surface area contributed by atoms with Gasteiger partial charge in [0.05, 0.1) is 5.38 Å². The Bertz CT molecular complexity index is 323. The number of rotatable bonds is 3. The minimum Gasteiger partial charge on any atom is -0.480 e. The van der Waals surface area contributed by atoms with Crippen LogP contribution in [0.5, 0.6) is 0 Å². The van der Waals surface area contributed by atoms with Crippen LogP contribution in [0.15, 0.2) is 24.3 Å². The van der Waals surface area contributed by atoms with E-state index in [9.17, 15) is 4.79 Å². The molecule has 0 saturated heterocycles. The average molecular weight is 254 g/mol. The van der Waals surface area contributed by atoms with Crippen LogP contribution < -0.4 is 0 Å². The van der Waals surface area contributed by atoms with Crippen LogP contribution >= 0.6 is 34.8 Å². The van der Waals surface area contributed by atoms with Crippen molar-refractivity contribution >= 4 is 40.8 Å². The van der Waals surface area contributed by atoms with Gasteiger partial charge in [0.25, 0.3) is 0 Å². The molecule has 0 heterocycles. The van der Waals surface area contributed by atoms with Crippen molar-refractivity contribution in [1.29, 1.82) is 0 Å². The number of carbonyl (C=O) groups is 1. The maximum Gasteiger partial charge on any atom is 0.323 e. The van der Waals surface area contributed by atoms with Crippen molar-refractivity contribution in [2.75, 3.05) is 0 Å². The molecule has 0 aliphatic carbocycles. The number of hydrogen-bond donors (Lipinski definition) is 1. The lowest BCUT2D eigenvalue weighted by atomic mass is 10.1. The topological polar surface area (TPSA) is 37.3 Å². The van der Waals surface area contributed by atoms with Gasteiger partial charge in [-0.25, -0.2) is 0 Å². The average Bonchev–Trinajstić information content (AvgIpc) is 2.16. The first-order valence-corrected chi connectivity index (χ1v) is 5.04. The number of halogens is 3. The fourth-order valence-electron chi connectivity index (χ4n) is 0.941. The van der Waals surface area contributed by atoms with Gasteiger partial charge in [-0.1, -0.05) is 23.7 Å². The zero-order valence-electron chi connectivity index (χ0n) is 6.95. The summed E-state index contributed by atoms with van der Waals surface area (Å²) in [5, 5.41) is 7.30. The van der Waals surface area contributed by atoms with Gasteiger partial charge in [-0.3, -0.25) is 4.79 Å². The normalized spacial score (nSPS) is 14.8. The monoisotopic (exact) mass is 252 g/mol. The number of carboxylic acids is 1. The van der Waals surface area contributed by atoms with E-state index in [1.54, 1.807) is 24.3 Å². The summed E-state index contributed by atoms with van der Waals surface area (Å²) in [6.07, 6.45) is 0. The molecule has 0 aromatic heterocycles. The van der Waals surface area contributed by atoms with Gasteiger partial charge in [0, 0.05) is 5.02 Å². The summed E-state index contributed by atoms with van der Waals surface area (Å²) in [5.41, 5.74) is 0.637. The van der Waals surface area contributed by atoms with E-state index >= 15 is 0 Å². The van der Waals surface area contributed by atoms with E-state index in [0.717, 1.165) is 0 Å². The molecule has 1 aromatic carbocycles. The molecule has 5 heteroatoms. The van der Waals surface area contributed by atoms with Gasteiger partial charge in [-0.2, -0.15) is 0 Å². The molecule has 1 N–H and O–H groups in total. The molecule has 76 valence electrons. The largest absolute Gasteiger partial charge is 0.480 e. The molecule has 14 heavy (non-hydrogen) atoms. The van der Waals surface area contributed by atoms with Gasteiger partial charge in [0.1, 0.15) is 0 Å². The van der Waals surface area contributed by atoms with E-state index in [0.29, 0.717) is 10.6 Å². The zero-order valence-corrected chi connectivity index (χ0v) is 9.22. The molecule has 0 fully saturated rings. The highest BCUT2D eigenvalue weighted by Gasteiger charge is 2.25. The quantitative estimate of drug-likeness (QED) is 0.839. The van der Waals surface area contributed by atoms with E-state index in [1.165, 1.54) is 0 Å². The number of carboxylic acid groups (broad SMARTS) is 1. The van der Waals surface area contributed by atoms with E-state index in [4.69, 9.17) is 39.9 Å². The number of hydrogen-bond acceptors (Lipinski definition) is 1. The van der Waals surface area contributed by atoms with Crippen molar-refractivity contribution in [3.63, 3.8) is 0 Å². The van der Waals surface area contributed by atoms with Crippen LogP contribution in [-0.2, 0) is 4.79 Å². The smallest absolute Gasteiger partial charge is 0.323 e. The third-order valence-corrected chi connectivity index (χ3v) is 3.00. The van der Waals surface area contributed by atoms with Crippen LogP contribution in [0.25, 0.3) is 0 Å². The molecule has 1 aromatic rings. The molecule has 2 unspecified atom stereocenters. The van der Waals surface area contributed by atoms with Crippen molar-refractivity contribution in [3.8, 4) is 0 Å². The summed E-state index contributed by atoms with van der Waals surface area (Å²) in [6, 6.07) is 6.58. The molecule has 0 radical (unpaired) electrons. The summed E-state index contributed by atoms with van der Waals surface area (Å²) < 4.78 is 0. The van der Waals surface area contributed by atoms with Crippen molar-refractivity contribution in [3.05, 3.63) is 34.9 Å². The number of alkyl halides is 2. The van der Waals surface area contributed by atoms with Crippen molar-refractivity contribution in [2.45, 2.75) is 10.8 Å². The Morgan fingerprint density at radius 1 is 1.21 bits per heavy atom. The summed E-state index contributed by atoms with van der Waals surface area (Å²) in [6.45, 7) is 0. The van der Waals surface area contributed by atoms with Crippen LogP contribution in [0.1, 0.15) is 10.9 Å². The second kappa shape index (κ2) is 4.87. The fraction of sp³-hybridized carbons (Fsp3) is 0.222. The number of benzene rings is 1. The van der Waals surface area contributed by atoms with Gasteiger partial charge in [-0.05, 0) is 17.7 Å². The van der Waals surface area contributed by atoms with Crippen molar-refractivity contribution in [2.24, 2.45) is 0 Å². The van der Waals surface area contributed by atoms with Gasteiger partial charge in [0.2, 0.25) is 0 Å². The fourth-order valence-corrected chi connectivity index (χ4v) is 1.47. The van der Waals surface area contributed by atoms with E-state index in [2.05, 4.69) is 0 Å². The van der Waals surface area contributed by atoms with Crippen LogP contribution in [0, 0.1) is 0 Å². The lowest BCUT2D eigenvalue weighted by Gasteiger charge is -2.12. The highest BCUT2D eigenvalue weighted by atomic mass is 35.5. The molecule has 2 nitrogen and oxygen atoms in total. The van der Waals surface area contributed by atoms with Crippen LogP contribution in [0.3, 0.4) is 0 Å². The van der Waals surface area contributed by atoms with Crippen LogP contribution in [0.2, 0.25) is 5.02 Å². The first-order chi connectivity index (χ1) is 6.52. The summed E-state index contributed by atoms with van der Waals surface area (Å²) in [5.74, 6) is -1.14. The Hall–Kier alpha value is -0.440. The first-order valence-electron chi connectivity index (χ1n) is 3.79. The zero-order chi connectivity index (χ0) is 10.7. The van der Waals surface area contributed by atoms with Crippen molar-refractivity contribution in [1.82, 2.24) is 0 Å². The first kappa shape index (κ1) is 11.6. The van der Waals surface area contributed by atoms with E-state index < -0.39 is 16.7 Å². The summed E-state index contributed by atoms with van der Waals surface area (Å²) >= 11 is 17.1. The van der Waals surface area contributed by atoms with E-state index in [1.807, 2.05) is 0 Å². The standard InChI is InChI=1S/C9H7Cl3O2/c10-6-3-1-5(2-4-6)7(11)8(12)9(13)14/h1-4,7-8H,(H,13,14). The Kier molecular flexibility index (Phi) is 4.05. The maximum atomic E-state index is 10.5. The molecule has 0 spiro atoms. The van der Waals surface area contributed by atoms with Gasteiger partial charge < -0.3 is 5.11 Å². The van der Waals surface area contributed by atoms with Gasteiger partial charge in [-0.15, -0.1) is 23.2 Å². The van der Waals surface area contributed by atoms with E-state index in [-0.39, 0.29) is 0 Å². The predicted octanol–water partition coefficient (Wildman–Crippen LogP) is 3.31. The molecule has 0 aliphatic heterocycles. The molecular formula is C9H7Cl3O2. The van der Waals surface area contributed by atoms with Crippen LogP contribution in [-0.4, -0.2) is 16.5 Å². The Labute approximate surface area is 96.4 Å². The minimum atomic E-state index is -1.14. The minimum absolute atomic E-state index is 0.569. The molecule has 2 atom stereocenters. The molecule has 1 rings (SSSR count). The lowest BCUT2D eigenvalue weighted by Crippen LogP contribution is -2.18. The summed E-state index contributed by atoms with van der Waals surface area (Å²) in [4.78, 5) is 10.5. The third-order valence-electron chi connectivity index (χ3n) is 1.68. The highest BCUT2D eigenvalue weighted by molar-refractivity contribution is 6.36. The van der Waals surface area contributed by atoms with Crippen LogP contribution in [0.4, 0.5) is 0 Å². The summed E-state index contributed by atoms with van der Waals surface area (Å²) in [7, 11) is 0.